The summed E-state index contributed by atoms with van der Waals surface area (Å²) in [6.07, 6.45) is -1.28. The molecule has 10 heteroatoms. The van der Waals surface area contributed by atoms with E-state index in [1.165, 1.54) is 19.1 Å². The van der Waals surface area contributed by atoms with Crippen molar-refractivity contribution in [2.75, 3.05) is 6.54 Å². The van der Waals surface area contributed by atoms with Gasteiger partial charge in [0.25, 0.3) is 0 Å². The van der Waals surface area contributed by atoms with E-state index in [1.54, 1.807) is 4.72 Å². The average molecular weight is 401 g/mol. The summed E-state index contributed by atoms with van der Waals surface area (Å²) in [6, 6.07) is 6.99. The van der Waals surface area contributed by atoms with Crippen molar-refractivity contribution in [2.24, 2.45) is 0 Å². The highest BCUT2D eigenvalue weighted by molar-refractivity contribution is 7.89. The van der Waals surface area contributed by atoms with E-state index in [1.807, 2.05) is 0 Å². The normalized spacial score (nSPS) is 12.4. The largest absolute Gasteiger partial charge is 0.453 e. The van der Waals surface area contributed by atoms with Crippen LogP contribution in [0.2, 0.25) is 0 Å². The molecule has 0 heterocycles. The second kappa shape index (κ2) is 8.31. The summed E-state index contributed by atoms with van der Waals surface area (Å²) in [5.41, 5.74) is 0.0886. The Morgan fingerprint density at radius 3 is 2.15 bits per heavy atom. The number of Topliss-reactive ketones (excluding diaryl/α,β-unsaturated/α-hetero) is 1. The lowest BCUT2D eigenvalue weighted by Gasteiger charge is -2.13. The van der Waals surface area contributed by atoms with Crippen LogP contribution in [0.4, 0.5) is 13.2 Å². The number of ketones is 1. The Kier molecular flexibility index (Phi) is 6.34. The minimum Gasteiger partial charge on any atom is -0.453 e. The Hall–Kier alpha value is -2.72. The van der Waals surface area contributed by atoms with Crippen molar-refractivity contribution in [1.29, 1.82) is 0 Å². The van der Waals surface area contributed by atoms with Gasteiger partial charge in [-0.15, -0.1) is 0 Å². The molecule has 0 aliphatic rings. The quantitative estimate of drug-likeness (QED) is 0.568. The Morgan fingerprint density at radius 2 is 1.59 bits per heavy atom. The number of rotatable bonds is 7. The molecule has 0 aromatic heterocycles. The standard InChI is InChI=1S/C17H14F3NO5S/c1-10(16(23)11-5-7-12(18)8-6-11)26-15(22)9-21-27(24,25)17-13(19)3-2-4-14(17)20/h2-8,10,21H,9H2,1H3/t10-/m0/s1. The van der Waals surface area contributed by atoms with Crippen LogP contribution in [-0.4, -0.2) is 32.8 Å². The first kappa shape index (κ1) is 20.6. The Bertz CT molecular complexity index is 941. The van der Waals surface area contributed by atoms with Gasteiger partial charge in [-0.2, -0.15) is 4.72 Å². The Balaban J connectivity index is 1.99. The van der Waals surface area contributed by atoms with Gasteiger partial charge in [0.05, 0.1) is 0 Å². The lowest BCUT2D eigenvalue weighted by atomic mass is 10.1. The summed E-state index contributed by atoms with van der Waals surface area (Å²) in [6.45, 7) is 0.297. The molecule has 0 saturated heterocycles. The fourth-order valence-electron chi connectivity index (χ4n) is 2.11. The molecule has 1 N–H and O–H groups in total. The van der Waals surface area contributed by atoms with Crippen molar-refractivity contribution in [3.05, 3.63) is 65.5 Å². The molecule has 0 saturated carbocycles. The first-order valence-corrected chi connectivity index (χ1v) is 9.03. The molecular weight excluding hydrogens is 387 g/mol. The van der Waals surface area contributed by atoms with Gasteiger partial charge in [-0.1, -0.05) is 6.07 Å². The fraction of sp³-hybridized carbons (Fsp3) is 0.176. The third-order valence-corrected chi connectivity index (χ3v) is 4.85. The zero-order valence-corrected chi connectivity index (χ0v) is 14.7. The number of hydrogen-bond acceptors (Lipinski definition) is 5. The number of benzene rings is 2. The maximum absolute atomic E-state index is 13.6. The van der Waals surface area contributed by atoms with Crippen molar-refractivity contribution >= 4 is 21.8 Å². The van der Waals surface area contributed by atoms with Crippen LogP contribution in [-0.2, 0) is 19.6 Å². The number of esters is 1. The topological polar surface area (TPSA) is 89.5 Å². The highest BCUT2D eigenvalue weighted by Crippen LogP contribution is 2.17. The van der Waals surface area contributed by atoms with Crippen molar-refractivity contribution in [3.8, 4) is 0 Å². The predicted molar refractivity (Wildman–Crippen MR) is 87.8 cm³/mol. The molecule has 2 aromatic rings. The van der Waals surface area contributed by atoms with Gasteiger partial charge in [0, 0.05) is 5.56 Å². The summed E-state index contributed by atoms with van der Waals surface area (Å²) < 4.78 is 70.4. The molecule has 0 aliphatic heterocycles. The maximum atomic E-state index is 13.6. The van der Waals surface area contributed by atoms with Crippen LogP contribution in [0.3, 0.4) is 0 Å². The molecule has 2 rings (SSSR count). The predicted octanol–water partition coefficient (Wildman–Crippen LogP) is 2.20. The van der Waals surface area contributed by atoms with E-state index < -0.39 is 56.8 Å². The first-order chi connectivity index (χ1) is 12.6. The molecule has 0 unspecified atom stereocenters. The number of halogens is 3. The van der Waals surface area contributed by atoms with E-state index >= 15 is 0 Å². The van der Waals surface area contributed by atoms with Crippen LogP contribution in [0.1, 0.15) is 17.3 Å². The molecule has 2 aromatic carbocycles. The second-order valence-electron chi connectivity index (χ2n) is 5.38. The van der Waals surface area contributed by atoms with E-state index in [2.05, 4.69) is 0 Å². The molecule has 0 fully saturated rings. The highest BCUT2D eigenvalue weighted by Gasteiger charge is 2.26. The van der Waals surface area contributed by atoms with Gasteiger partial charge in [-0.25, -0.2) is 21.6 Å². The summed E-state index contributed by atoms with van der Waals surface area (Å²) >= 11 is 0. The van der Waals surface area contributed by atoms with Crippen LogP contribution >= 0.6 is 0 Å². The summed E-state index contributed by atoms with van der Waals surface area (Å²) in [5.74, 6) is -4.97. The van der Waals surface area contributed by atoms with Gasteiger partial charge in [0.1, 0.15) is 24.0 Å². The molecule has 27 heavy (non-hydrogen) atoms. The van der Waals surface area contributed by atoms with Gasteiger partial charge in [0.2, 0.25) is 15.8 Å². The SMILES string of the molecule is C[C@H](OC(=O)CNS(=O)(=O)c1c(F)cccc1F)C(=O)c1ccc(F)cc1. The van der Waals surface area contributed by atoms with Crippen LogP contribution in [0, 0.1) is 17.5 Å². The van der Waals surface area contributed by atoms with Gasteiger partial charge >= 0.3 is 5.97 Å². The molecule has 0 amide bonds. The number of ether oxygens (including phenoxy) is 1. The van der Waals surface area contributed by atoms with E-state index in [0.29, 0.717) is 0 Å². The number of carbonyl (C=O) groups excluding carboxylic acids is 2. The third kappa shape index (κ3) is 5.14. The van der Waals surface area contributed by atoms with Gasteiger partial charge in [0.15, 0.2) is 11.0 Å². The van der Waals surface area contributed by atoms with Crippen molar-refractivity contribution in [1.82, 2.24) is 4.72 Å². The van der Waals surface area contributed by atoms with Gasteiger partial charge < -0.3 is 4.74 Å². The molecule has 6 nitrogen and oxygen atoms in total. The zero-order chi connectivity index (χ0) is 20.2. The molecular formula is C17H14F3NO5S. The van der Waals surface area contributed by atoms with Crippen LogP contribution in [0.25, 0.3) is 0 Å². The molecule has 1 atom stereocenters. The van der Waals surface area contributed by atoms with E-state index in [9.17, 15) is 31.2 Å². The minimum atomic E-state index is -4.66. The van der Waals surface area contributed by atoms with Crippen LogP contribution in [0.15, 0.2) is 47.4 Å². The first-order valence-electron chi connectivity index (χ1n) is 7.55. The number of nitrogens with one attached hydrogen (secondary N) is 1. The van der Waals surface area contributed by atoms with E-state index in [4.69, 9.17) is 4.74 Å². The molecule has 0 radical (unpaired) electrons. The Morgan fingerprint density at radius 1 is 1.04 bits per heavy atom. The minimum absolute atomic E-state index is 0.0886. The monoisotopic (exact) mass is 401 g/mol. The van der Waals surface area contributed by atoms with Crippen LogP contribution < -0.4 is 4.72 Å². The maximum Gasteiger partial charge on any atom is 0.321 e. The van der Waals surface area contributed by atoms with Gasteiger partial charge in [-0.3, -0.25) is 9.59 Å². The highest BCUT2D eigenvalue weighted by atomic mass is 32.2. The van der Waals surface area contributed by atoms with E-state index in [-0.39, 0.29) is 5.56 Å². The molecule has 0 spiro atoms. The summed E-state index contributed by atoms with van der Waals surface area (Å²) in [7, 11) is -4.66. The number of carbonyl (C=O) groups is 2. The molecule has 0 bridgehead atoms. The summed E-state index contributed by atoms with van der Waals surface area (Å²) in [4.78, 5) is 22.6. The van der Waals surface area contributed by atoms with Crippen LogP contribution in [0.5, 0.6) is 0 Å². The molecule has 0 aliphatic carbocycles. The fourth-order valence-corrected chi connectivity index (χ4v) is 3.21. The third-order valence-electron chi connectivity index (χ3n) is 3.40. The molecule has 144 valence electrons. The number of hydrogen-bond donors (Lipinski definition) is 1. The second-order valence-corrected chi connectivity index (χ2v) is 7.08. The van der Waals surface area contributed by atoms with Gasteiger partial charge in [-0.05, 0) is 43.3 Å². The summed E-state index contributed by atoms with van der Waals surface area (Å²) in [5, 5.41) is 0. The van der Waals surface area contributed by atoms with E-state index in [0.717, 1.165) is 30.3 Å². The zero-order valence-electron chi connectivity index (χ0n) is 13.9. The average Bonchev–Trinajstić information content (AvgIpc) is 2.60. The smallest absolute Gasteiger partial charge is 0.321 e. The van der Waals surface area contributed by atoms with Crippen molar-refractivity contribution in [3.63, 3.8) is 0 Å². The van der Waals surface area contributed by atoms with Crippen molar-refractivity contribution in [2.45, 2.75) is 17.9 Å². The Labute approximate surface area is 153 Å². The van der Waals surface area contributed by atoms with Crippen molar-refractivity contribution < 1.29 is 35.9 Å². The lowest BCUT2D eigenvalue weighted by Crippen LogP contribution is -2.34. The number of sulfonamides is 1. The lowest BCUT2D eigenvalue weighted by molar-refractivity contribution is -0.144.